The summed E-state index contributed by atoms with van der Waals surface area (Å²) in [7, 11) is -7.56. The van der Waals surface area contributed by atoms with Gasteiger partial charge in [0.05, 0.1) is 4.90 Å². The van der Waals surface area contributed by atoms with Gasteiger partial charge in [-0.15, -0.1) is 0 Å². The number of hydrogen-bond donors (Lipinski definition) is 1. The Morgan fingerprint density at radius 3 is 2.04 bits per heavy atom. The molecule has 0 aromatic heterocycles. The normalized spacial score (nSPS) is 13.7. The van der Waals surface area contributed by atoms with Crippen LogP contribution in [0.25, 0.3) is 0 Å². The van der Waals surface area contributed by atoms with E-state index in [2.05, 4.69) is 4.72 Å². The number of halogens is 2. The SMILES string of the molecule is CC(NS(=O)(=O)c1ccc(F)cc1F)c1ccc(S(C)(=O)=O)cc1. The van der Waals surface area contributed by atoms with Gasteiger partial charge in [0.25, 0.3) is 0 Å². The predicted molar refractivity (Wildman–Crippen MR) is 84.6 cm³/mol. The molecule has 1 N–H and O–H groups in total. The number of hydrogen-bond acceptors (Lipinski definition) is 4. The second-order valence-corrected chi connectivity index (χ2v) is 8.96. The highest BCUT2D eigenvalue weighted by Gasteiger charge is 2.22. The van der Waals surface area contributed by atoms with Crippen LogP contribution in [0.1, 0.15) is 18.5 Å². The van der Waals surface area contributed by atoms with Crippen molar-refractivity contribution in [1.82, 2.24) is 4.72 Å². The third-order valence-corrected chi connectivity index (χ3v) is 6.03. The van der Waals surface area contributed by atoms with E-state index in [-0.39, 0.29) is 4.90 Å². The van der Waals surface area contributed by atoms with Crippen LogP contribution in [0.2, 0.25) is 0 Å². The van der Waals surface area contributed by atoms with E-state index in [0.717, 1.165) is 18.4 Å². The zero-order chi connectivity index (χ0) is 18.1. The number of sulfone groups is 1. The van der Waals surface area contributed by atoms with Gasteiger partial charge in [0.1, 0.15) is 16.5 Å². The third-order valence-electron chi connectivity index (χ3n) is 3.32. The fourth-order valence-electron chi connectivity index (χ4n) is 2.06. The summed E-state index contributed by atoms with van der Waals surface area (Å²) in [5.41, 5.74) is 0.494. The first-order chi connectivity index (χ1) is 11.0. The molecule has 0 heterocycles. The Labute approximate surface area is 139 Å². The molecule has 0 saturated heterocycles. The van der Waals surface area contributed by atoms with Crippen LogP contribution in [-0.2, 0) is 19.9 Å². The van der Waals surface area contributed by atoms with Crippen molar-refractivity contribution in [3.63, 3.8) is 0 Å². The van der Waals surface area contributed by atoms with Crippen LogP contribution in [-0.4, -0.2) is 23.1 Å². The first kappa shape index (κ1) is 18.5. The summed E-state index contributed by atoms with van der Waals surface area (Å²) < 4.78 is 76.0. The van der Waals surface area contributed by atoms with Crippen LogP contribution in [0, 0.1) is 11.6 Å². The van der Waals surface area contributed by atoms with Gasteiger partial charge in [-0.1, -0.05) is 12.1 Å². The zero-order valence-corrected chi connectivity index (χ0v) is 14.5. The quantitative estimate of drug-likeness (QED) is 0.870. The van der Waals surface area contributed by atoms with Crippen molar-refractivity contribution >= 4 is 19.9 Å². The predicted octanol–water partition coefficient (Wildman–Crippen LogP) is 2.41. The molecule has 5 nitrogen and oxygen atoms in total. The van der Waals surface area contributed by atoms with Crippen molar-refractivity contribution < 1.29 is 25.6 Å². The van der Waals surface area contributed by atoms with Crippen LogP contribution in [0.15, 0.2) is 52.3 Å². The van der Waals surface area contributed by atoms with Crippen molar-refractivity contribution in [2.45, 2.75) is 22.8 Å². The molecule has 0 saturated carbocycles. The molecule has 24 heavy (non-hydrogen) atoms. The molecular formula is C15H15F2NO4S2. The number of nitrogens with one attached hydrogen (secondary N) is 1. The minimum atomic E-state index is -4.20. The molecule has 9 heteroatoms. The summed E-state index contributed by atoms with van der Waals surface area (Å²) in [4.78, 5) is -0.561. The summed E-state index contributed by atoms with van der Waals surface area (Å²) >= 11 is 0. The van der Waals surface area contributed by atoms with Crippen LogP contribution in [0.5, 0.6) is 0 Å². The molecule has 0 fully saturated rings. The molecule has 0 aliphatic carbocycles. The number of sulfonamides is 1. The summed E-state index contributed by atoms with van der Waals surface area (Å²) in [5.74, 6) is -2.07. The van der Waals surface area contributed by atoms with Crippen LogP contribution in [0.4, 0.5) is 8.78 Å². The van der Waals surface area contributed by atoms with Gasteiger partial charge in [0.15, 0.2) is 9.84 Å². The smallest absolute Gasteiger partial charge is 0.224 e. The summed E-state index contributed by atoms with van der Waals surface area (Å²) in [5, 5.41) is 0. The molecule has 130 valence electrons. The minimum absolute atomic E-state index is 0.103. The van der Waals surface area contributed by atoms with Crippen molar-refractivity contribution in [1.29, 1.82) is 0 Å². The summed E-state index contributed by atoms with van der Waals surface area (Å²) in [6, 6.07) is 7.07. The highest BCUT2D eigenvalue weighted by atomic mass is 32.2. The average molecular weight is 375 g/mol. The molecule has 0 spiro atoms. The van der Waals surface area contributed by atoms with E-state index in [4.69, 9.17) is 0 Å². The van der Waals surface area contributed by atoms with Gasteiger partial charge in [0, 0.05) is 18.4 Å². The maximum Gasteiger partial charge on any atom is 0.244 e. The Morgan fingerprint density at radius 1 is 0.958 bits per heavy atom. The average Bonchev–Trinajstić information content (AvgIpc) is 2.45. The first-order valence-electron chi connectivity index (χ1n) is 6.78. The van der Waals surface area contributed by atoms with Crippen LogP contribution < -0.4 is 4.72 Å². The topological polar surface area (TPSA) is 80.3 Å². The van der Waals surface area contributed by atoms with E-state index >= 15 is 0 Å². The van der Waals surface area contributed by atoms with Crippen molar-refractivity contribution in [3.8, 4) is 0 Å². The molecule has 0 aliphatic rings. The summed E-state index contributed by atoms with van der Waals surface area (Å²) in [6.07, 6.45) is 1.06. The Balaban J connectivity index is 2.26. The molecule has 0 amide bonds. The zero-order valence-electron chi connectivity index (χ0n) is 12.8. The molecule has 2 rings (SSSR count). The fraction of sp³-hybridized carbons (Fsp3) is 0.200. The monoisotopic (exact) mass is 375 g/mol. The van der Waals surface area contributed by atoms with Crippen LogP contribution in [0.3, 0.4) is 0 Å². The van der Waals surface area contributed by atoms with Gasteiger partial charge in [-0.2, -0.15) is 0 Å². The largest absolute Gasteiger partial charge is 0.244 e. The standard InChI is InChI=1S/C15H15F2NO4S2/c1-10(11-3-6-13(7-4-11)23(2,19)20)18-24(21,22)15-8-5-12(16)9-14(15)17/h3-10,18H,1-2H3. The van der Waals surface area contributed by atoms with Gasteiger partial charge >= 0.3 is 0 Å². The molecule has 2 aromatic carbocycles. The van der Waals surface area contributed by atoms with Gasteiger partial charge in [-0.05, 0) is 36.8 Å². The Kier molecular flexibility index (Phi) is 5.07. The Morgan fingerprint density at radius 2 is 1.54 bits per heavy atom. The molecule has 0 radical (unpaired) electrons. The van der Waals surface area contributed by atoms with E-state index in [0.29, 0.717) is 11.6 Å². The molecule has 0 bridgehead atoms. The lowest BCUT2D eigenvalue weighted by molar-refractivity contribution is 0.536. The Hall–Kier alpha value is -1.84. The van der Waals surface area contributed by atoms with Crippen molar-refractivity contribution in [2.75, 3.05) is 6.26 Å². The van der Waals surface area contributed by atoms with Crippen molar-refractivity contribution in [3.05, 3.63) is 59.7 Å². The van der Waals surface area contributed by atoms with Gasteiger partial charge < -0.3 is 0 Å². The van der Waals surface area contributed by atoms with Gasteiger partial charge in [-0.3, -0.25) is 0 Å². The van der Waals surface area contributed by atoms with E-state index in [1.165, 1.54) is 31.2 Å². The minimum Gasteiger partial charge on any atom is -0.224 e. The number of rotatable bonds is 5. The lowest BCUT2D eigenvalue weighted by Crippen LogP contribution is -2.27. The maximum atomic E-state index is 13.7. The van der Waals surface area contributed by atoms with Crippen LogP contribution >= 0.6 is 0 Å². The molecule has 0 aliphatic heterocycles. The molecule has 2 aromatic rings. The number of benzene rings is 2. The van der Waals surface area contributed by atoms with Gasteiger partial charge in [-0.25, -0.2) is 30.3 Å². The first-order valence-corrected chi connectivity index (χ1v) is 10.2. The molecule has 1 unspecified atom stereocenters. The van der Waals surface area contributed by atoms with Gasteiger partial charge in [0.2, 0.25) is 10.0 Å². The lowest BCUT2D eigenvalue weighted by atomic mass is 10.1. The van der Waals surface area contributed by atoms with E-state index in [1.54, 1.807) is 0 Å². The maximum absolute atomic E-state index is 13.7. The van der Waals surface area contributed by atoms with E-state index in [9.17, 15) is 25.6 Å². The second-order valence-electron chi connectivity index (χ2n) is 5.26. The fourth-order valence-corrected chi connectivity index (χ4v) is 3.98. The van der Waals surface area contributed by atoms with Crippen molar-refractivity contribution in [2.24, 2.45) is 0 Å². The lowest BCUT2D eigenvalue weighted by Gasteiger charge is -2.15. The Bertz CT molecular complexity index is 955. The molecule has 1 atom stereocenters. The second kappa shape index (κ2) is 6.58. The highest BCUT2D eigenvalue weighted by Crippen LogP contribution is 2.21. The summed E-state index contributed by atoms with van der Waals surface area (Å²) in [6.45, 7) is 1.52. The third kappa shape index (κ3) is 4.16. The molecular weight excluding hydrogens is 360 g/mol. The van der Waals surface area contributed by atoms with E-state index in [1.807, 2.05) is 0 Å². The van der Waals surface area contributed by atoms with E-state index < -0.39 is 42.4 Å². The highest BCUT2D eigenvalue weighted by molar-refractivity contribution is 7.90.